The fourth-order valence-electron chi connectivity index (χ4n) is 0.768. The molecule has 0 aromatic rings. The van der Waals surface area contributed by atoms with E-state index in [1.807, 2.05) is 0 Å². The average molecular weight is 117 g/mol. The van der Waals surface area contributed by atoms with Crippen molar-refractivity contribution < 1.29 is 0 Å². The number of hydrogen-bond donors (Lipinski definition) is 0. The van der Waals surface area contributed by atoms with Crippen molar-refractivity contribution in [3.63, 3.8) is 0 Å². The lowest BCUT2D eigenvalue weighted by Gasteiger charge is -2.12. The highest BCUT2D eigenvalue weighted by Gasteiger charge is 2.08. The molecule has 0 unspecified atom stereocenters. The molecule has 40 valence electrons. The maximum absolute atomic E-state index is 5.71. The molecule has 0 amide bonds. The molecule has 1 fully saturated rings. The van der Waals surface area contributed by atoms with Crippen molar-refractivity contribution in [2.45, 2.75) is 24.6 Å². The van der Waals surface area contributed by atoms with Crippen LogP contribution in [0.15, 0.2) is 0 Å². The van der Waals surface area contributed by atoms with Gasteiger partial charge in [-0.15, -0.1) is 11.6 Å². The quantitative estimate of drug-likeness (QED) is 0.426. The second kappa shape index (κ2) is 2.56. The first-order valence-corrected chi connectivity index (χ1v) is 3.14. The molecule has 0 aromatic heterocycles. The normalized spacial score (nSPS) is 25.3. The van der Waals surface area contributed by atoms with E-state index in [1.54, 1.807) is 0 Å². The molecule has 1 rings (SSSR count). The Morgan fingerprint density at radius 1 is 1.29 bits per heavy atom. The number of halogens is 1. The van der Waals surface area contributed by atoms with Gasteiger partial charge < -0.3 is 0 Å². The van der Waals surface area contributed by atoms with Gasteiger partial charge in [0.25, 0.3) is 0 Å². The molecule has 0 heterocycles. The van der Waals surface area contributed by atoms with Gasteiger partial charge in [0.2, 0.25) is 0 Å². The smallest absolute Gasteiger partial charge is 0.0398 e. The van der Waals surface area contributed by atoms with Gasteiger partial charge in [0.1, 0.15) is 0 Å². The molecule has 7 heavy (non-hydrogen) atoms. The second-order valence-electron chi connectivity index (χ2n) is 1.85. The van der Waals surface area contributed by atoms with E-state index in [0.717, 1.165) is 0 Å². The van der Waals surface area contributed by atoms with Crippen LogP contribution in [-0.4, -0.2) is 5.38 Å². The van der Waals surface area contributed by atoms with Gasteiger partial charge in [0.15, 0.2) is 0 Å². The Morgan fingerprint density at radius 2 is 1.86 bits per heavy atom. The van der Waals surface area contributed by atoms with Crippen molar-refractivity contribution in [2.24, 2.45) is 0 Å². The molecule has 0 nitrogen and oxygen atoms in total. The van der Waals surface area contributed by atoms with Gasteiger partial charge in [0, 0.05) is 5.38 Å². The van der Waals surface area contributed by atoms with Gasteiger partial charge in [-0.05, 0) is 25.7 Å². The first-order chi connectivity index (χ1) is 3.39. The van der Waals surface area contributed by atoms with Crippen molar-refractivity contribution in [1.29, 1.82) is 0 Å². The fourth-order valence-corrected chi connectivity index (χ4v) is 1.02. The largest absolute Gasteiger partial charge is 0.122 e. The van der Waals surface area contributed by atoms with E-state index in [9.17, 15) is 0 Å². The van der Waals surface area contributed by atoms with Crippen molar-refractivity contribution in [3.05, 3.63) is 12.8 Å². The number of alkyl halides is 1. The van der Waals surface area contributed by atoms with Crippen molar-refractivity contribution in [1.82, 2.24) is 0 Å². The predicted octanol–water partition coefficient (Wildman–Crippen LogP) is 2.19. The number of rotatable bonds is 0. The summed E-state index contributed by atoms with van der Waals surface area (Å²) in [5.74, 6) is 0. The molecular weight excluding hydrogens is 108 g/mol. The molecule has 0 bridgehead atoms. The van der Waals surface area contributed by atoms with Crippen LogP contribution in [0, 0.1) is 12.8 Å². The lowest BCUT2D eigenvalue weighted by molar-refractivity contribution is 0.704. The van der Waals surface area contributed by atoms with E-state index in [-0.39, 0.29) is 5.38 Å². The molecular formula is C6H9Cl. The first-order valence-electron chi connectivity index (χ1n) is 2.70. The van der Waals surface area contributed by atoms with Crippen LogP contribution < -0.4 is 0 Å². The first kappa shape index (κ1) is 5.43. The summed E-state index contributed by atoms with van der Waals surface area (Å²) in [5.41, 5.74) is 0. The Hall–Kier alpha value is 0.290. The number of hydrogen-bond acceptors (Lipinski definition) is 0. The Kier molecular flexibility index (Phi) is 1.99. The van der Waals surface area contributed by atoms with Crippen LogP contribution in [0.4, 0.5) is 0 Å². The summed E-state index contributed by atoms with van der Waals surface area (Å²) in [6, 6.07) is 0. The topological polar surface area (TPSA) is 0 Å². The molecule has 0 saturated heterocycles. The van der Waals surface area contributed by atoms with Crippen molar-refractivity contribution in [3.8, 4) is 0 Å². The zero-order chi connectivity index (χ0) is 5.11. The molecule has 1 saturated carbocycles. The van der Waals surface area contributed by atoms with Gasteiger partial charge >= 0.3 is 0 Å². The zero-order valence-electron chi connectivity index (χ0n) is 4.23. The van der Waals surface area contributed by atoms with Gasteiger partial charge in [0.05, 0.1) is 0 Å². The maximum atomic E-state index is 5.71. The molecule has 0 aromatic carbocycles. The Morgan fingerprint density at radius 3 is 2.14 bits per heavy atom. The van der Waals surface area contributed by atoms with Gasteiger partial charge in [-0.2, -0.15) is 0 Å². The molecule has 0 spiro atoms. The highest BCUT2D eigenvalue weighted by molar-refractivity contribution is 6.22. The zero-order valence-corrected chi connectivity index (χ0v) is 4.99. The molecule has 1 heteroatoms. The molecule has 0 N–H and O–H groups in total. The summed E-state index contributed by atoms with van der Waals surface area (Å²) >= 11 is 5.71. The third-order valence-corrected chi connectivity index (χ3v) is 1.55. The summed E-state index contributed by atoms with van der Waals surface area (Å²) in [6.45, 7) is 0. The third-order valence-electron chi connectivity index (χ3n) is 1.19. The standard InChI is InChI=1S/C6H9Cl/c7-6-4-2-1-3-5-6/h4-6H,1-3H2. The van der Waals surface area contributed by atoms with Crippen molar-refractivity contribution in [2.75, 3.05) is 0 Å². The highest BCUT2D eigenvalue weighted by Crippen LogP contribution is 2.19. The van der Waals surface area contributed by atoms with Crippen LogP contribution in [0.5, 0.6) is 0 Å². The summed E-state index contributed by atoms with van der Waals surface area (Å²) in [6.07, 6.45) is 7.98. The second-order valence-corrected chi connectivity index (χ2v) is 2.35. The van der Waals surface area contributed by atoms with Crippen LogP contribution in [0.2, 0.25) is 0 Å². The van der Waals surface area contributed by atoms with Gasteiger partial charge in [-0.1, -0.05) is 6.42 Å². The van der Waals surface area contributed by atoms with E-state index >= 15 is 0 Å². The predicted molar refractivity (Wildman–Crippen MR) is 32.1 cm³/mol. The van der Waals surface area contributed by atoms with Crippen LogP contribution in [-0.2, 0) is 0 Å². The SMILES string of the molecule is ClC1[CH]CCC[CH]1. The minimum atomic E-state index is 0.258. The maximum Gasteiger partial charge on any atom is 0.0398 e. The summed E-state index contributed by atoms with van der Waals surface area (Å²) in [5, 5.41) is 0.258. The summed E-state index contributed by atoms with van der Waals surface area (Å²) in [7, 11) is 0. The Bertz CT molecular complexity index is 46.1. The summed E-state index contributed by atoms with van der Waals surface area (Å²) < 4.78 is 0. The van der Waals surface area contributed by atoms with Crippen LogP contribution >= 0.6 is 11.6 Å². The minimum absolute atomic E-state index is 0.258. The van der Waals surface area contributed by atoms with E-state index < -0.39 is 0 Å². The van der Waals surface area contributed by atoms with Crippen LogP contribution in [0.25, 0.3) is 0 Å². The van der Waals surface area contributed by atoms with Gasteiger partial charge in [-0.25, -0.2) is 0 Å². The van der Waals surface area contributed by atoms with Crippen LogP contribution in [0.3, 0.4) is 0 Å². The molecule has 0 atom stereocenters. The molecule has 1 aliphatic rings. The Labute approximate surface area is 49.9 Å². The lowest BCUT2D eigenvalue weighted by atomic mass is 10.0. The van der Waals surface area contributed by atoms with Crippen LogP contribution in [0.1, 0.15) is 19.3 Å². The van der Waals surface area contributed by atoms with E-state index in [2.05, 4.69) is 12.8 Å². The fraction of sp³-hybridized carbons (Fsp3) is 0.667. The highest BCUT2D eigenvalue weighted by atomic mass is 35.5. The van der Waals surface area contributed by atoms with E-state index in [4.69, 9.17) is 11.6 Å². The van der Waals surface area contributed by atoms with E-state index in [0.29, 0.717) is 0 Å². The molecule has 0 aliphatic heterocycles. The molecule has 2 radical (unpaired) electrons. The van der Waals surface area contributed by atoms with Gasteiger partial charge in [-0.3, -0.25) is 0 Å². The van der Waals surface area contributed by atoms with E-state index in [1.165, 1.54) is 19.3 Å². The third kappa shape index (κ3) is 1.68. The average Bonchev–Trinajstić information content (AvgIpc) is 1.69. The van der Waals surface area contributed by atoms with Crippen molar-refractivity contribution >= 4 is 11.6 Å². The monoisotopic (exact) mass is 116 g/mol. The lowest BCUT2D eigenvalue weighted by Crippen LogP contribution is -2.05. The summed E-state index contributed by atoms with van der Waals surface area (Å²) in [4.78, 5) is 0. The Balaban J connectivity index is 2.12. The minimum Gasteiger partial charge on any atom is -0.122 e. The molecule has 1 aliphatic carbocycles.